The third kappa shape index (κ3) is 636. The smallest absolute Gasteiger partial charge is 0.652 e. The van der Waals surface area contributed by atoms with E-state index in [1.165, 1.54) is 0 Å². The van der Waals surface area contributed by atoms with Crippen molar-refractivity contribution in [2.75, 3.05) is 0 Å². The zero-order valence-electron chi connectivity index (χ0n) is 3.54. The van der Waals surface area contributed by atoms with Crippen molar-refractivity contribution in [1.29, 1.82) is 0 Å². The minimum atomic E-state index is -2.33. The van der Waals surface area contributed by atoms with Gasteiger partial charge < -0.3 is 15.0 Å². The average Bonchev–Trinajstić information content (AvgIpc) is 1.33. The summed E-state index contributed by atoms with van der Waals surface area (Å²) in [6.07, 6.45) is -2.08. The zero-order chi connectivity index (χ0) is 6.28. The van der Waals surface area contributed by atoms with E-state index in [0.717, 1.165) is 0 Å². The van der Waals surface area contributed by atoms with Crippen molar-refractivity contribution >= 4 is 39.6 Å². The Bertz CT molecular complexity index is 78.4. The summed E-state index contributed by atoms with van der Waals surface area (Å²) in [6, 6.07) is 0. The van der Waals surface area contributed by atoms with Crippen LogP contribution in [0.1, 0.15) is 0 Å². The maximum absolute atomic E-state index is 8.33. The molecule has 2 radical (unpaired) electrons. The molecule has 0 rings (SSSR count). The van der Waals surface area contributed by atoms with E-state index in [9.17, 15) is 0 Å². The van der Waals surface area contributed by atoms with E-state index in [2.05, 4.69) is 0 Å². The number of carbonyl (C=O) groups is 1. The quantitative estimate of drug-likeness (QED) is 0.434. The molecule has 0 aliphatic rings. The van der Waals surface area contributed by atoms with Crippen molar-refractivity contribution in [2.24, 2.45) is 0 Å². The van der Waals surface area contributed by atoms with Gasteiger partial charge in [0.1, 0.15) is 0 Å². The summed E-state index contributed by atoms with van der Waals surface area (Å²) < 4.78 is 0. The van der Waals surface area contributed by atoms with Crippen molar-refractivity contribution in [3.63, 3.8) is 0 Å². The molecule has 0 bridgehead atoms. The SMILES string of the molecule is O=C([O-])[O-].O=C=O.[Pb+2]. The van der Waals surface area contributed by atoms with Crippen LogP contribution in [-0.4, -0.2) is 39.6 Å². The van der Waals surface area contributed by atoms with Crippen LogP contribution in [0.5, 0.6) is 0 Å². The second-order valence-electron chi connectivity index (χ2n) is 0.333. The fourth-order valence-electron chi connectivity index (χ4n) is 0. The predicted molar refractivity (Wildman–Crippen MR) is 16.2 cm³/mol. The van der Waals surface area contributed by atoms with Crippen LogP contribution in [0.4, 0.5) is 4.79 Å². The Labute approximate surface area is 64.5 Å². The zero-order valence-corrected chi connectivity index (χ0v) is 7.43. The van der Waals surface area contributed by atoms with Crippen LogP contribution in [0.2, 0.25) is 0 Å². The van der Waals surface area contributed by atoms with Gasteiger partial charge in [0, 0.05) is 0 Å². The molecule has 0 aliphatic heterocycles. The molecule has 0 saturated heterocycles. The third-order valence-corrected chi connectivity index (χ3v) is 0. The molecule has 0 spiro atoms. The Kier molecular flexibility index (Phi) is 31.3. The van der Waals surface area contributed by atoms with Gasteiger partial charge in [0.15, 0.2) is 0 Å². The van der Waals surface area contributed by atoms with Crippen molar-refractivity contribution in [1.82, 2.24) is 0 Å². The first kappa shape index (κ1) is 15.6. The van der Waals surface area contributed by atoms with Crippen molar-refractivity contribution in [2.45, 2.75) is 0 Å². The van der Waals surface area contributed by atoms with E-state index < -0.39 is 6.16 Å². The molecule has 0 amide bonds. The topological polar surface area (TPSA) is 97.3 Å². The molecule has 8 heavy (non-hydrogen) atoms. The van der Waals surface area contributed by atoms with Crippen molar-refractivity contribution < 1.29 is 24.6 Å². The standard InChI is InChI=1S/CH2O3.CO2.Pb/c2-1(3)4;2-1-3;/h(H2,2,3,4);;/q;;+2/p-2. The van der Waals surface area contributed by atoms with Crippen LogP contribution in [0.25, 0.3) is 0 Å². The van der Waals surface area contributed by atoms with E-state index >= 15 is 0 Å². The Morgan fingerprint density at radius 3 is 1.25 bits per heavy atom. The second-order valence-corrected chi connectivity index (χ2v) is 0.333. The molecule has 0 aliphatic carbocycles. The summed E-state index contributed by atoms with van der Waals surface area (Å²) in [5, 5.41) is 16.7. The minimum Gasteiger partial charge on any atom is -0.652 e. The number of hydrogen-bond acceptors (Lipinski definition) is 5. The molecule has 0 aromatic rings. The van der Waals surface area contributed by atoms with E-state index in [-0.39, 0.29) is 33.5 Å². The molecule has 0 fully saturated rings. The van der Waals surface area contributed by atoms with Crippen LogP contribution in [0, 0.1) is 0 Å². The Hall–Kier alpha value is -0.428. The summed E-state index contributed by atoms with van der Waals surface area (Å²) in [5.41, 5.74) is 0. The van der Waals surface area contributed by atoms with Crippen molar-refractivity contribution in [3.8, 4) is 0 Å². The maximum Gasteiger partial charge on any atom is 2.00 e. The Morgan fingerprint density at radius 1 is 1.25 bits per heavy atom. The van der Waals surface area contributed by atoms with Gasteiger partial charge in [-0.3, -0.25) is 0 Å². The van der Waals surface area contributed by atoms with Gasteiger partial charge in [0.2, 0.25) is 0 Å². The van der Waals surface area contributed by atoms with Gasteiger partial charge in [-0.15, -0.1) is 0 Å². The summed E-state index contributed by atoms with van der Waals surface area (Å²) in [4.78, 5) is 24.6. The predicted octanol–water partition coefficient (Wildman–Crippen LogP) is -3.41. The van der Waals surface area contributed by atoms with E-state index in [1.54, 1.807) is 0 Å². The summed E-state index contributed by atoms with van der Waals surface area (Å²) in [6.45, 7) is 0. The van der Waals surface area contributed by atoms with Crippen LogP contribution >= 0.6 is 0 Å². The van der Waals surface area contributed by atoms with Gasteiger partial charge in [0.25, 0.3) is 0 Å². The van der Waals surface area contributed by atoms with Gasteiger partial charge >= 0.3 is 33.5 Å². The van der Waals surface area contributed by atoms with Crippen LogP contribution < -0.4 is 10.2 Å². The molecule has 0 atom stereocenters. The first-order valence-electron chi connectivity index (χ1n) is 1.02. The van der Waals surface area contributed by atoms with Gasteiger partial charge in [-0.05, 0) is 6.16 Å². The molecule has 6 heteroatoms. The third-order valence-electron chi connectivity index (χ3n) is 0. The van der Waals surface area contributed by atoms with E-state index in [1.807, 2.05) is 0 Å². The number of rotatable bonds is 0. The van der Waals surface area contributed by atoms with Gasteiger partial charge in [-0.2, -0.15) is 9.59 Å². The molecule has 0 unspecified atom stereocenters. The monoisotopic (exact) mass is 312 g/mol. The second kappa shape index (κ2) is 16.0. The minimum absolute atomic E-state index is 0. The van der Waals surface area contributed by atoms with Gasteiger partial charge in [-0.25, -0.2) is 0 Å². The molecular formula is C2O5Pb. The molecule has 0 aromatic carbocycles. The largest absolute Gasteiger partial charge is 2.00 e. The Morgan fingerprint density at radius 2 is 1.25 bits per heavy atom. The molecule has 0 saturated carbocycles. The molecule has 5 nitrogen and oxygen atoms in total. The fraction of sp³-hybridized carbons (Fsp3) is 0. The molecule has 0 aromatic heterocycles. The summed E-state index contributed by atoms with van der Waals surface area (Å²) >= 11 is 0. The number of hydrogen-bond donors (Lipinski definition) is 0. The molecule has 0 heterocycles. The van der Waals surface area contributed by atoms with Crippen LogP contribution in [0.3, 0.4) is 0 Å². The Balaban J connectivity index is -0.0000000575. The first-order valence-corrected chi connectivity index (χ1v) is 1.02. The van der Waals surface area contributed by atoms with Gasteiger partial charge in [-0.1, -0.05) is 0 Å². The molecular weight excluding hydrogens is 311 g/mol. The maximum atomic E-state index is 8.33. The average molecular weight is 311 g/mol. The van der Waals surface area contributed by atoms with E-state index in [4.69, 9.17) is 24.6 Å². The summed E-state index contributed by atoms with van der Waals surface area (Å²) in [7, 11) is 0. The number of carbonyl (C=O) groups excluding carboxylic acids is 3. The summed E-state index contributed by atoms with van der Waals surface area (Å²) in [5.74, 6) is 0. The number of carboxylic acid groups (broad SMARTS) is 2. The van der Waals surface area contributed by atoms with E-state index in [0.29, 0.717) is 0 Å². The van der Waals surface area contributed by atoms with Crippen molar-refractivity contribution in [3.05, 3.63) is 0 Å². The fourth-order valence-corrected chi connectivity index (χ4v) is 0. The molecule has 0 N–H and O–H groups in total. The van der Waals surface area contributed by atoms with Crippen LogP contribution in [-0.2, 0) is 9.59 Å². The molecule has 42 valence electrons. The van der Waals surface area contributed by atoms with Gasteiger partial charge in [0.05, 0.1) is 0 Å². The normalized spacial score (nSPS) is 4.00. The first-order chi connectivity index (χ1) is 3.15. The van der Waals surface area contributed by atoms with Crippen LogP contribution in [0.15, 0.2) is 0 Å².